The second-order valence-electron chi connectivity index (χ2n) is 5.00. The first kappa shape index (κ1) is 13.4. The van der Waals surface area contributed by atoms with Gasteiger partial charge in [0.15, 0.2) is 12.4 Å². The van der Waals surface area contributed by atoms with Crippen molar-refractivity contribution in [2.75, 3.05) is 6.61 Å². The number of fused-ring (bicyclic) bond motifs is 1. The van der Waals surface area contributed by atoms with Crippen LogP contribution in [0.2, 0.25) is 0 Å². The van der Waals surface area contributed by atoms with E-state index in [9.17, 15) is 4.79 Å². The number of hydrogen-bond donors (Lipinski definition) is 0. The van der Waals surface area contributed by atoms with Crippen LogP contribution in [0, 0.1) is 0 Å². The van der Waals surface area contributed by atoms with Crippen LogP contribution in [0.4, 0.5) is 0 Å². The quantitative estimate of drug-likeness (QED) is 0.785. The molecule has 1 aliphatic rings. The fraction of sp³-hybridized carbons (Fsp3) is 0.235. The monoisotopic (exact) mass is 330 g/mol. The molecule has 0 spiro atoms. The molecule has 0 bridgehead atoms. The zero-order valence-corrected chi connectivity index (χ0v) is 12.7. The van der Waals surface area contributed by atoms with Crippen LogP contribution in [0.15, 0.2) is 46.9 Å². The minimum Gasteiger partial charge on any atom is -0.485 e. The van der Waals surface area contributed by atoms with Crippen molar-refractivity contribution >= 4 is 21.7 Å². The highest BCUT2D eigenvalue weighted by molar-refractivity contribution is 9.10. The summed E-state index contributed by atoms with van der Waals surface area (Å²) in [6.07, 6.45) is 3.50. The van der Waals surface area contributed by atoms with Gasteiger partial charge in [0, 0.05) is 10.0 Å². The lowest BCUT2D eigenvalue weighted by molar-refractivity contribution is 0.0921. The fourth-order valence-corrected chi connectivity index (χ4v) is 2.77. The minimum absolute atomic E-state index is 0.00185. The predicted octanol–water partition coefficient (Wildman–Crippen LogP) is 4.20. The average molecular weight is 331 g/mol. The first-order valence-electron chi connectivity index (χ1n) is 6.76. The van der Waals surface area contributed by atoms with Crippen LogP contribution >= 0.6 is 15.9 Å². The Morgan fingerprint density at radius 2 is 1.80 bits per heavy atom. The smallest absolute Gasteiger partial charge is 0.200 e. The van der Waals surface area contributed by atoms with Gasteiger partial charge in [-0.3, -0.25) is 4.79 Å². The number of ketones is 1. The van der Waals surface area contributed by atoms with E-state index in [-0.39, 0.29) is 12.4 Å². The van der Waals surface area contributed by atoms with Gasteiger partial charge in [-0.25, -0.2) is 0 Å². The zero-order valence-electron chi connectivity index (χ0n) is 11.1. The molecule has 0 atom stereocenters. The first-order valence-corrected chi connectivity index (χ1v) is 7.55. The molecular weight excluding hydrogens is 316 g/mol. The molecule has 0 amide bonds. The van der Waals surface area contributed by atoms with Crippen molar-refractivity contribution in [3.8, 4) is 5.75 Å². The van der Waals surface area contributed by atoms with Gasteiger partial charge < -0.3 is 4.74 Å². The highest BCUT2D eigenvalue weighted by atomic mass is 79.9. The van der Waals surface area contributed by atoms with E-state index in [1.807, 2.05) is 18.2 Å². The Morgan fingerprint density at radius 1 is 1.05 bits per heavy atom. The summed E-state index contributed by atoms with van der Waals surface area (Å²) in [5.41, 5.74) is 3.45. The van der Waals surface area contributed by atoms with Crippen molar-refractivity contribution in [3.63, 3.8) is 0 Å². The van der Waals surface area contributed by atoms with Crippen molar-refractivity contribution in [2.45, 2.75) is 19.3 Å². The maximum atomic E-state index is 12.0. The maximum Gasteiger partial charge on any atom is 0.200 e. The summed E-state index contributed by atoms with van der Waals surface area (Å²) in [5.74, 6) is 0.786. The molecular formula is C17H15BrO2. The Hall–Kier alpha value is -1.61. The average Bonchev–Trinajstić information content (AvgIpc) is 2.93. The number of Topliss-reactive ketones (excluding diaryl/α,β-unsaturated/α-hetero) is 1. The van der Waals surface area contributed by atoms with Crippen molar-refractivity contribution in [3.05, 3.63) is 63.6 Å². The molecule has 0 saturated carbocycles. The van der Waals surface area contributed by atoms with E-state index < -0.39 is 0 Å². The largest absolute Gasteiger partial charge is 0.485 e. The molecule has 2 nitrogen and oxygen atoms in total. The highest BCUT2D eigenvalue weighted by Gasteiger charge is 2.12. The molecule has 1 aliphatic carbocycles. The van der Waals surface area contributed by atoms with Crippen LogP contribution in [0.25, 0.3) is 0 Å². The Kier molecular flexibility index (Phi) is 3.88. The van der Waals surface area contributed by atoms with E-state index >= 15 is 0 Å². The number of aryl methyl sites for hydroxylation is 2. The van der Waals surface area contributed by atoms with Crippen LogP contribution in [0.3, 0.4) is 0 Å². The number of rotatable bonds is 4. The Morgan fingerprint density at radius 3 is 2.60 bits per heavy atom. The van der Waals surface area contributed by atoms with Crippen molar-refractivity contribution < 1.29 is 9.53 Å². The number of carbonyl (C=O) groups is 1. The molecule has 20 heavy (non-hydrogen) atoms. The van der Waals surface area contributed by atoms with Gasteiger partial charge in [-0.05, 0) is 54.7 Å². The van der Waals surface area contributed by atoms with Gasteiger partial charge in [-0.15, -0.1) is 0 Å². The summed E-state index contributed by atoms with van der Waals surface area (Å²) in [6, 6.07) is 13.5. The predicted molar refractivity (Wildman–Crippen MR) is 82.4 cm³/mol. The van der Waals surface area contributed by atoms with E-state index in [0.717, 1.165) is 23.1 Å². The third-order valence-electron chi connectivity index (χ3n) is 3.61. The van der Waals surface area contributed by atoms with E-state index in [4.69, 9.17) is 4.74 Å². The first-order chi connectivity index (χ1) is 9.72. The standard InChI is InChI=1S/C17H15BrO2/c18-15-7-4-13(5-8-15)17(19)11-20-16-9-6-12-2-1-3-14(12)10-16/h4-10H,1-3,11H2. The van der Waals surface area contributed by atoms with Crippen LogP contribution in [-0.2, 0) is 12.8 Å². The molecule has 3 heteroatoms. The Labute approximate surface area is 126 Å². The van der Waals surface area contributed by atoms with Gasteiger partial charge in [-0.2, -0.15) is 0 Å². The fourth-order valence-electron chi connectivity index (χ4n) is 2.51. The zero-order chi connectivity index (χ0) is 13.9. The number of hydrogen-bond acceptors (Lipinski definition) is 2. The number of benzene rings is 2. The van der Waals surface area contributed by atoms with Gasteiger partial charge in [0.25, 0.3) is 0 Å². The molecule has 0 aliphatic heterocycles. The molecule has 102 valence electrons. The van der Waals surface area contributed by atoms with Gasteiger partial charge in [0.1, 0.15) is 5.75 Å². The van der Waals surface area contributed by atoms with E-state index in [1.165, 1.54) is 17.5 Å². The Bertz CT molecular complexity index is 632. The topological polar surface area (TPSA) is 26.3 Å². The molecule has 0 aromatic heterocycles. The molecule has 0 N–H and O–H groups in total. The molecule has 0 saturated heterocycles. The number of halogens is 1. The third-order valence-corrected chi connectivity index (χ3v) is 4.13. The summed E-state index contributed by atoms with van der Waals surface area (Å²) in [4.78, 5) is 12.0. The summed E-state index contributed by atoms with van der Waals surface area (Å²) in [6.45, 7) is 0.0837. The van der Waals surface area contributed by atoms with Crippen molar-refractivity contribution in [1.82, 2.24) is 0 Å². The van der Waals surface area contributed by atoms with E-state index in [1.54, 1.807) is 12.1 Å². The van der Waals surface area contributed by atoms with Gasteiger partial charge in [0.05, 0.1) is 0 Å². The highest BCUT2D eigenvalue weighted by Crippen LogP contribution is 2.26. The molecule has 2 aromatic rings. The van der Waals surface area contributed by atoms with Crippen LogP contribution in [-0.4, -0.2) is 12.4 Å². The van der Waals surface area contributed by atoms with Crippen LogP contribution in [0.5, 0.6) is 5.75 Å². The van der Waals surface area contributed by atoms with Gasteiger partial charge >= 0.3 is 0 Å². The normalized spacial score (nSPS) is 13.1. The summed E-state index contributed by atoms with van der Waals surface area (Å²) in [5, 5.41) is 0. The number of ether oxygens (including phenoxy) is 1. The van der Waals surface area contributed by atoms with Crippen LogP contribution < -0.4 is 4.74 Å². The minimum atomic E-state index is -0.00185. The van der Waals surface area contributed by atoms with Crippen molar-refractivity contribution in [1.29, 1.82) is 0 Å². The summed E-state index contributed by atoms with van der Waals surface area (Å²) in [7, 11) is 0. The summed E-state index contributed by atoms with van der Waals surface area (Å²) >= 11 is 3.36. The SMILES string of the molecule is O=C(COc1ccc2c(c1)CCC2)c1ccc(Br)cc1. The third kappa shape index (κ3) is 2.93. The van der Waals surface area contributed by atoms with Crippen LogP contribution in [0.1, 0.15) is 27.9 Å². The lowest BCUT2D eigenvalue weighted by Crippen LogP contribution is -2.11. The number of carbonyl (C=O) groups excluding carboxylic acids is 1. The van der Waals surface area contributed by atoms with Gasteiger partial charge in [-0.1, -0.05) is 34.1 Å². The Balaban J connectivity index is 1.64. The molecule has 0 unspecified atom stereocenters. The molecule has 0 radical (unpaired) electrons. The maximum absolute atomic E-state index is 12.0. The molecule has 0 heterocycles. The van der Waals surface area contributed by atoms with Gasteiger partial charge in [0.2, 0.25) is 0 Å². The lowest BCUT2D eigenvalue weighted by Gasteiger charge is -2.07. The van der Waals surface area contributed by atoms with E-state index in [2.05, 4.69) is 28.1 Å². The molecule has 3 rings (SSSR count). The molecule has 2 aromatic carbocycles. The summed E-state index contributed by atoms with van der Waals surface area (Å²) < 4.78 is 6.58. The second-order valence-corrected chi connectivity index (χ2v) is 5.92. The van der Waals surface area contributed by atoms with E-state index in [0.29, 0.717) is 5.56 Å². The molecule has 0 fully saturated rings. The van der Waals surface area contributed by atoms with Crippen molar-refractivity contribution in [2.24, 2.45) is 0 Å². The second kappa shape index (κ2) is 5.80. The lowest BCUT2D eigenvalue weighted by atomic mass is 10.1.